The highest BCUT2D eigenvalue weighted by Crippen LogP contribution is 2.18. The highest BCUT2D eigenvalue weighted by Gasteiger charge is 2.41. The molecule has 0 heterocycles. The van der Waals surface area contributed by atoms with Crippen molar-refractivity contribution in [2.45, 2.75) is 6.18 Å². The van der Waals surface area contributed by atoms with Gasteiger partial charge in [-0.2, -0.15) is 13.2 Å². The van der Waals surface area contributed by atoms with Crippen molar-refractivity contribution in [2.75, 3.05) is 13.1 Å². The van der Waals surface area contributed by atoms with Crippen LogP contribution in [0.2, 0.25) is 0 Å². The average Bonchev–Trinajstić information content (AvgIpc) is 2.42. The molecule has 0 unspecified atom stereocenters. The van der Waals surface area contributed by atoms with Gasteiger partial charge in [0, 0.05) is 18.6 Å². The van der Waals surface area contributed by atoms with Gasteiger partial charge in [0.1, 0.15) is 0 Å². The van der Waals surface area contributed by atoms with E-state index in [1.54, 1.807) is 6.08 Å². The van der Waals surface area contributed by atoms with E-state index in [1.165, 1.54) is 12.2 Å². The van der Waals surface area contributed by atoms with Crippen LogP contribution in [0.3, 0.4) is 0 Å². The third-order valence-corrected chi connectivity index (χ3v) is 2.56. The number of nitrogens with zero attached hydrogens (tertiary/aromatic N) is 1. The first-order valence-electron chi connectivity index (χ1n) is 5.78. The Morgan fingerprint density at radius 3 is 2.30 bits per heavy atom. The van der Waals surface area contributed by atoms with Gasteiger partial charge in [-0.25, -0.2) is 0 Å². The Bertz CT molecular complexity index is 483. The smallest absolute Gasteiger partial charge is 0.327 e. The molecule has 0 radical (unpaired) electrons. The van der Waals surface area contributed by atoms with Crippen LogP contribution in [0.4, 0.5) is 13.2 Å². The molecule has 0 aromatic heterocycles. The molecule has 0 N–H and O–H groups in total. The van der Waals surface area contributed by atoms with Crippen LogP contribution in [0.15, 0.2) is 48.0 Å². The molecule has 0 fully saturated rings. The van der Waals surface area contributed by atoms with E-state index in [-0.39, 0.29) is 13.1 Å². The van der Waals surface area contributed by atoms with Gasteiger partial charge in [-0.1, -0.05) is 60.2 Å². The number of hydrogen-bond donors (Lipinski definition) is 0. The topological polar surface area (TPSA) is 20.3 Å². The Kier molecular flexibility index (Phi) is 6.31. The summed E-state index contributed by atoms with van der Waals surface area (Å²) in [5.41, 5.74) is 1.93. The number of carbonyl (C=O) groups is 1. The van der Waals surface area contributed by atoms with E-state index in [0.29, 0.717) is 4.90 Å². The molecule has 0 spiro atoms. The van der Waals surface area contributed by atoms with Gasteiger partial charge >= 0.3 is 12.1 Å². The molecule has 0 bridgehead atoms. The predicted molar refractivity (Wildman–Crippen MR) is 73.1 cm³/mol. The van der Waals surface area contributed by atoms with Crippen LogP contribution in [0.25, 0.3) is 6.08 Å². The summed E-state index contributed by atoms with van der Waals surface area (Å²) in [5.74, 6) is -1.88. The molecule has 0 aliphatic heterocycles. The molecular weight excluding hydrogens is 291 g/mol. The average molecular weight is 304 g/mol. The highest BCUT2D eigenvalue weighted by atomic mass is 35.5. The lowest BCUT2D eigenvalue weighted by molar-refractivity contribution is -0.184. The van der Waals surface area contributed by atoms with Crippen LogP contribution < -0.4 is 0 Å². The zero-order valence-corrected chi connectivity index (χ0v) is 11.2. The van der Waals surface area contributed by atoms with E-state index < -0.39 is 12.1 Å². The summed E-state index contributed by atoms with van der Waals surface area (Å²) in [7, 11) is 0. The normalized spacial score (nSPS) is 12.2. The monoisotopic (exact) mass is 303 g/mol. The fraction of sp³-hybridized carbons (Fsp3) is 0.214. The Balaban J connectivity index is 2.70. The molecule has 0 saturated heterocycles. The molecule has 1 aromatic carbocycles. The van der Waals surface area contributed by atoms with Crippen LogP contribution >= 0.6 is 11.6 Å². The summed E-state index contributed by atoms with van der Waals surface area (Å²) < 4.78 is 37.2. The van der Waals surface area contributed by atoms with Crippen LogP contribution in [0.1, 0.15) is 5.56 Å². The number of amides is 1. The molecule has 0 saturated carbocycles. The molecule has 0 aliphatic carbocycles. The molecule has 1 amide bonds. The summed E-state index contributed by atoms with van der Waals surface area (Å²) in [5, 5.41) is 0. The van der Waals surface area contributed by atoms with Gasteiger partial charge in [-0.05, 0) is 5.56 Å². The van der Waals surface area contributed by atoms with E-state index in [1.807, 2.05) is 30.3 Å². The molecule has 0 atom stereocenters. The lowest BCUT2D eigenvalue weighted by atomic mass is 10.2. The summed E-state index contributed by atoms with van der Waals surface area (Å²) >= 11 is 5.28. The van der Waals surface area contributed by atoms with E-state index in [2.05, 4.69) is 0 Å². The fourth-order valence-electron chi connectivity index (χ4n) is 1.47. The maximum atomic E-state index is 12.4. The number of hydrogen-bond acceptors (Lipinski definition) is 1. The van der Waals surface area contributed by atoms with Gasteiger partial charge < -0.3 is 4.90 Å². The Morgan fingerprint density at radius 1 is 1.15 bits per heavy atom. The largest absolute Gasteiger partial charge is 0.471 e. The Labute approximate surface area is 120 Å². The van der Waals surface area contributed by atoms with Gasteiger partial charge in [-0.15, -0.1) is 0 Å². The maximum absolute atomic E-state index is 12.4. The molecule has 2 nitrogen and oxygen atoms in total. The second-order valence-corrected chi connectivity index (χ2v) is 4.13. The molecule has 0 aliphatic rings. The second-order valence-electron chi connectivity index (χ2n) is 3.88. The van der Waals surface area contributed by atoms with E-state index in [4.69, 9.17) is 11.6 Å². The number of alkyl halides is 3. The molecule has 108 valence electrons. The molecule has 1 aromatic rings. The standard InChI is InChI=1S/C14H13ClF3NO/c15-9-5-11-19(13(20)14(16,17)18)10-4-8-12-6-2-1-3-7-12/h1-9H,10-11H2/b8-4+,9-5?. The van der Waals surface area contributed by atoms with E-state index >= 15 is 0 Å². The van der Waals surface area contributed by atoms with Crippen LogP contribution in [-0.4, -0.2) is 30.1 Å². The minimum absolute atomic E-state index is 0.144. The predicted octanol–water partition coefficient (Wildman–Crippen LogP) is 3.84. The lowest BCUT2D eigenvalue weighted by Crippen LogP contribution is -2.41. The third-order valence-electron chi connectivity index (χ3n) is 2.38. The Hall–Kier alpha value is -1.75. The number of rotatable bonds is 5. The molecule has 20 heavy (non-hydrogen) atoms. The molecule has 1 rings (SSSR count). The third kappa shape index (κ3) is 5.48. The quantitative estimate of drug-likeness (QED) is 0.809. The van der Waals surface area contributed by atoms with Gasteiger partial charge in [0.25, 0.3) is 0 Å². The maximum Gasteiger partial charge on any atom is 0.471 e. The van der Waals surface area contributed by atoms with Crippen molar-refractivity contribution in [2.24, 2.45) is 0 Å². The number of carbonyl (C=O) groups excluding carboxylic acids is 1. The van der Waals surface area contributed by atoms with E-state index in [9.17, 15) is 18.0 Å². The SMILES string of the molecule is O=C(N(CC=CCl)C/C=C/c1ccccc1)C(F)(F)F. The summed E-state index contributed by atoms with van der Waals surface area (Å²) in [6.07, 6.45) is -0.454. The summed E-state index contributed by atoms with van der Waals surface area (Å²) in [6.45, 7) is -0.338. The minimum Gasteiger partial charge on any atom is -0.327 e. The first-order chi connectivity index (χ1) is 9.45. The zero-order valence-electron chi connectivity index (χ0n) is 10.5. The zero-order chi connectivity index (χ0) is 15.0. The Morgan fingerprint density at radius 2 is 1.75 bits per heavy atom. The van der Waals surface area contributed by atoms with Crippen LogP contribution in [0.5, 0.6) is 0 Å². The van der Waals surface area contributed by atoms with Gasteiger partial charge in [0.05, 0.1) is 0 Å². The van der Waals surface area contributed by atoms with Crippen molar-refractivity contribution in [3.63, 3.8) is 0 Å². The van der Waals surface area contributed by atoms with Crippen LogP contribution in [-0.2, 0) is 4.79 Å². The molecular formula is C14H13ClF3NO. The number of halogens is 4. The van der Waals surface area contributed by atoms with Crippen molar-refractivity contribution < 1.29 is 18.0 Å². The lowest BCUT2D eigenvalue weighted by Gasteiger charge is -2.20. The summed E-state index contributed by atoms with van der Waals surface area (Å²) in [4.78, 5) is 11.9. The van der Waals surface area contributed by atoms with Crippen molar-refractivity contribution in [3.8, 4) is 0 Å². The van der Waals surface area contributed by atoms with Gasteiger partial charge in [0.2, 0.25) is 0 Å². The van der Waals surface area contributed by atoms with Gasteiger partial charge in [-0.3, -0.25) is 4.79 Å². The number of benzene rings is 1. The van der Waals surface area contributed by atoms with E-state index in [0.717, 1.165) is 11.1 Å². The minimum atomic E-state index is -4.89. The van der Waals surface area contributed by atoms with Crippen LogP contribution in [0, 0.1) is 0 Å². The van der Waals surface area contributed by atoms with Crippen molar-refractivity contribution >= 4 is 23.6 Å². The first kappa shape index (κ1) is 16.3. The molecule has 6 heteroatoms. The summed E-state index contributed by atoms with van der Waals surface area (Å²) in [6, 6.07) is 9.08. The van der Waals surface area contributed by atoms with Crippen molar-refractivity contribution in [1.29, 1.82) is 0 Å². The van der Waals surface area contributed by atoms with Gasteiger partial charge in [0.15, 0.2) is 0 Å². The highest BCUT2D eigenvalue weighted by molar-refractivity contribution is 6.25. The first-order valence-corrected chi connectivity index (χ1v) is 6.21. The fourth-order valence-corrected chi connectivity index (χ4v) is 1.55. The van der Waals surface area contributed by atoms with Crippen molar-refractivity contribution in [3.05, 3.63) is 53.6 Å². The van der Waals surface area contributed by atoms with Crippen molar-refractivity contribution in [1.82, 2.24) is 4.90 Å². The second kappa shape index (κ2) is 7.75.